The lowest BCUT2D eigenvalue weighted by Gasteiger charge is -2.09. The van der Waals surface area contributed by atoms with Crippen molar-refractivity contribution < 1.29 is 14.5 Å². The van der Waals surface area contributed by atoms with Crippen LogP contribution >= 0.6 is 0 Å². The van der Waals surface area contributed by atoms with E-state index in [0.717, 1.165) is 5.56 Å². The average molecular weight is 320 g/mol. The zero-order valence-electron chi connectivity index (χ0n) is 11.9. The number of rotatable bonds is 6. The van der Waals surface area contributed by atoms with Crippen molar-refractivity contribution in [2.45, 2.75) is 11.4 Å². The highest BCUT2D eigenvalue weighted by Gasteiger charge is 2.19. The molecular formula is C14H16N4O3S. The van der Waals surface area contributed by atoms with Crippen LogP contribution in [0.15, 0.2) is 35.5 Å². The number of carbonyl (C=O) groups excluding carboxylic acids is 1. The molecule has 0 saturated carbocycles. The molecule has 0 radical (unpaired) electrons. The number of benzene rings is 1. The van der Waals surface area contributed by atoms with E-state index >= 15 is 0 Å². The molecule has 7 nitrogen and oxygen atoms in total. The number of phenols is 1. The number of primary amides is 1. The molecule has 1 aromatic carbocycles. The summed E-state index contributed by atoms with van der Waals surface area (Å²) in [6.07, 6.45) is 3.40. The van der Waals surface area contributed by atoms with Crippen LogP contribution in [0.2, 0.25) is 0 Å². The van der Waals surface area contributed by atoms with Crippen LogP contribution < -0.4 is 11.1 Å². The molecule has 22 heavy (non-hydrogen) atoms. The molecule has 0 fully saturated rings. The number of hydrogen-bond acceptors (Lipinski definition) is 6. The third kappa shape index (κ3) is 4.09. The lowest BCUT2D eigenvalue weighted by atomic mass is 10.1. The number of nitrogens with one attached hydrogen (secondary N) is 1. The van der Waals surface area contributed by atoms with Gasteiger partial charge in [0, 0.05) is 17.7 Å². The van der Waals surface area contributed by atoms with Gasteiger partial charge in [0.1, 0.15) is 17.6 Å². The highest BCUT2D eigenvalue weighted by molar-refractivity contribution is 7.90. The van der Waals surface area contributed by atoms with Gasteiger partial charge >= 0.3 is 0 Å². The molecule has 1 aromatic heterocycles. The number of carbonyl (C=O) groups is 1. The second-order valence-electron chi connectivity index (χ2n) is 4.57. The van der Waals surface area contributed by atoms with E-state index in [9.17, 15) is 14.5 Å². The summed E-state index contributed by atoms with van der Waals surface area (Å²) in [5.41, 5.74) is 6.30. The van der Waals surface area contributed by atoms with Gasteiger partial charge in [-0.25, -0.2) is 4.98 Å². The number of amides is 1. The lowest BCUT2D eigenvalue weighted by Crippen LogP contribution is -2.19. The molecule has 0 aliphatic carbocycles. The molecular weight excluding hydrogens is 304 g/mol. The van der Waals surface area contributed by atoms with Crippen molar-refractivity contribution in [2.75, 3.05) is 18.1 Å². The Kier molecular flexibility index (Phi) is 5.18. The molecule has 1 amide bonds. The SMILES string of the molecule is C[S+]([O-])c1nc(NCCc2ccc(O)cc2)ncc1C(N)=O. The predicted molar refractivity (Wildman–Crippen MR) is 83.2 cm³/mol. The number of anilines is 1. The number of hydrogen-bond donors (Lipinski definition) is 3. The van der Waals surface area contributed by atoms with E-state index in [1.165, 1.54) is 12.5 Å². The molecule has 2 rings (SSSR count). The van der Waals surface area contributed by atoms with E-state index in [1.54, 1.807) is 12.1 Å². The van der Waals surface area contributed by atoms with E-state index in [1.807, 2.05) is 12.1 Å². The first kappa shape index (κ1) is 16.1. The van der Waals surface area contributed by atoms with Crippen LogP contribution in [0.1, 0.15) is 15.9 Å². The summed E-state index contributed by atoms with van der Waals surface area (Å²) in [6, 6.07) is 6.87. The minimum absolute atomic E-state index is 0.0601. The summed E-state index contributed by atoms with van der Waals surface area (Å²) >= 11 is -1.44. The van der Waals surface area contributed by atoms with Crippen LogP contribution in [0.4, 0.5) is 5.95 Å². The number of phenolic OH excluding ortho intramolecular Hbond substituents is 1. The predicted octanol–water partition coefficient (Wildman–Crippen LogP) is 0.673. The van der Waals surface area contributed by atoms with Crippen LogP contribution in [0.25, 0.3) is 0 Å². The molecule has 8 heteroatoms. The monoisotopic (exact) mass is 320 g/mol. The smallest absolute Gasteiger partial charge is 0.262 e. The van der Waals surface area contributed by atoms with Gasteiger partial charge in [0.05, 0.1) is 6.20 Å². The molecule has 1 atom stereocenters. The van der Waals surface area contributed by atoms with Gasteiger partial charge in [-0.2, -0.15) is 4.98 Å². The molecule has 0 aliphatic heterocycles. The highest BCUT2D eigenvalue weighted by atomic mass is 32.2. The normalized spacial score (nSPS) is 11.9. The molecule has 4 N–H and O–H groups in total. The Labute approximate surface area is 130 Å². The van der Waals surface area contributed by atoms with Crippen molar-refractivity contribution in [2.24, 2.45) is 5.73 Å². The Hall–Kier alpha value is -2.32. The minimum Gasteiger partial charge on any atom is -0.610 e. The topological polar surface area (TPSA) is 124 Å². The van der Waals surface area contributed by atoms with Crippen molar-refractivity contribution in [1.82, 2.24) is 9.97 Å². The molecule has 0 bridgehead atoms. The molecule has 0 aliphatic rings. The van der Waals surface area contributed by atoms with E-state index in [-0.39, 0.29) is 22.3 Å². The minimum atomic E-state index is -1.44. The Bertz CT molecular complexity index is 662. The summed E-state index contributed by atoms with van der Waals surface area (Å²) < 4.78 is 11.6. The van der Waals surface area contributed by atoms with Gasteiger partial charge < -0.3 is 20.7 Å². The van der Waals surface area contributed by atoms with Crippen LogP contribution in [0, 0.1) is 0 Å². The van der Waals surface area contributed by atoms with Gasteiger partial charge in [-0.05, 0) is 24.1 Å². The third-order valence-electron chi connectivity index (χ3n) is 2.92. The van der Waals surface area contributed by atoms with Gasteiger partial charge in [-0.15, -0.1) is 0 Å². The highest BCUT2D eigenvalue weighted by Crippen LogP contribution is 2.14. The Morgan fingerprint density at radius 1 is 1.41 bits per heavy atom. The molecule has 2 aromatic rings. The van der Waals surface area contributed by atoms with Gasteiger partial charge in [0.15, 0.2) is 0 Å². The fourth-order valence-corrected chi connectivity index (χ4v) is 2.50. The van der Waals surface area contributed by atoms with Gasteiger partial charge in [0.2, 0.25) is 5.95 Å². The number of nitrogens with two attached hydrogens (primary N) is 1. The van der Waals surface area contributed by atoms with E-state index in [4.69, 9.17) is 5.73 Å². The number of aromatic nitrogens is 2. The van der Waals surface area contributed by atoms with Crippen LogP contribution in [-0.4, -0.2) is 38.3 Å². The fraction of sp³-hybridized carbons (Fsp3) is 0.214. The largest absolute Gasteiger partial charge is 0.610 e. The quantitative estimate of drug-likeness (QED) is 0.531. The molecule has 0 saturated heterocycles. The van der Waals surface area contributed by atoms with Gasteiger partial charge in [-0.3, -0.25) is 4.79 Å². The summed E-state index contributed by atoms with van der Waals surface area (Å²) in [5.74, 6) is -0.202. The maximum atomic E-state index is 11.6. The van der Waals surface area contributed by atoms with Crippen LogP contribution in [0.5, 0.6) is 5.75 Å². The van der Waals surface area contributed by atoms with Crippen molar-refractivity contribution in [3.63, 3.8) is 0 Å². The van der Waals surface area contributed by atoms with E-state index in [2.05, 4.69) is 15.3 Å². The third-order valence-corrected chi connectivity index (χ3v) is 3.78. The van der Waals surface area contributed by atoms with Crippen molar-refractivity contribution in [3.8, 4) is 5.75 Å². The first-order valence-electron chi connectivity index (χ1n) is 6.49. The van der Waals surface area contributed by atoms with Crippen LogP contribution in [-0.2, 0) is 17.6 Å². The fourth-order valence-electron chi connectivity index (χ4n) is 1.82. The van der Waals surface area contributed by atoms with Crippen molar-refractivity contribution in [3.05, 3.63) is 41.6 Å². The first-order valence-corrected chi connectivity index (χ1v) is 8.05. The molecule has 1 unspecified atom stereocenters. The first-order chi connectivity index (χ1) is 10.5. The van der Waals surface area contributed by atoms with Gasteiger partial charge in [0.25, 0.3) is 10.9 Å². The zero-order valence-corrected chi connectivity index (χ0v) is 12.8. The van der Waals surface area contributed by atoms with E-state index < -0.39 is 17.1 Å². The second-order valence-corrected chi connectivity index (χ2v) is 5.87. The summed E-state index contributed by atoms with van der Waals surface area (Å²) in [5, 5.41) is 12.3. The Balaban J connectivity index is 2.02. The zero-order chi connectivity index (χ0) is 16.1. The van der Waals surface area contributed by atoms with Gasteiger partial charge in [-0.1, -0.05) is 12.1 Å². The summed E-state index contributed by atoms with van der Waals surface area (Å²) in [6.45, 7) is 0.552. The molecule has 116 valence electrons. The van der Waals surface area contributed by atoms with Crippen molar-refractivity contribution >= 4 is 23.0 Å². The standard InChI is InChI=1S/C14H16N4O3S/c1-22(21)13-11(12(15)20)8-17-14(18-13)16-7-6-9-2-4-10(19)5-3-9/h2-5,8,19H,6-7H2,1H3,(H2,15,20)(H,16,17,18). The Morgan fingerprint density at radius 3 is 2.68 bits per heavy atom. The van der Waals surface area contributed by atoms with E-state index in [0.29, 0.717) is 13.0 Å². The van der Waals surface area contributed by atoms with Crippen molar-refractivity contribution in [1.29, 1.82) is 0 Å². The Morgan fingerprint density at radius 2 is 2.09 bits per heavy atom. The summed E-state index contributed by atoms with van der Waals surface area (Å²) in [7, 11) is 0. The molecule has 0 spiro atoms. The number of nitrogens with zero attached hydrogens (tertiary/aromatic N) is 2. The maximum absolute atomic E-state index is 11.6. The molecule has 1 heterocycles. The average Bonchev–Trinajstić information content (AvgIpc) is 2.49. The second kappa shape index (κ2) is 7.10. The van der Waals surface area contributed by atoms with Crippen LogP contribution in [0.3, 0.4) is 0 Å². The number of aromatic hydroxyl groups is 1. The lowest BCUT2D eigenvalue weighted by molar-refractivity contribution is 0.0996. The maximum Gasteiger partial charge on any atom is 0.262 e. The summed E-state index contributed by atoms with van der Waals surface area (Å²) in [4.78, 5) is 19.3.